The van der Waals surface area contributed by atoms with Crippen molar-refractivity contribution in [3.63, 3.8) is 0 Å². The van der Waals surface area contributed by atoms with E-state index in [9.17, 15) is 9.59 Å². The average Bonchev–Trinajstić information content (AvgIpc) is 3.51. The Balaban J connectivity index is 1.34. The van der Waals surface area contributed by atoms with Crippen molar-refractivity contribution in [2.45, 2.75) is 18.9 Å². The van der Waals surface area contributed by atoms with E-state index in [2.05, 4.69) is 9.88 Å². The van der Waals surface area contributed by atoms with Gasteiger partial charge in [-0.1, -0.05) is 48.5 Å². The van der Waals surface area contributed by atoms with E-state index in [0.29, 0.717) is 25.9 Å². The van der Waals surface area contributed by atoms with Gasteiger partial charge in [-0.05, 0) is 42.0 Å². The van der Waals surface area contributed by atoms with Crippen LogP contribution in [0.5, 0.6) is 0 Å². The number of aromatic nitrogens is 2. The van der Waals surface area contributed by atoms with Gasteiger partial charge >= 0.3 is 0 Å². The van der Waals surface area contributed by atoms with Crippen LogP contribution < -0.4 is 5.32 Å². The lowest BCUT2D eigenvalue weighted by Gasteiger charge is -2.32. The summed E-state index contributed by atoms with van der Waals surface area (Å²) in [6.07, 6.45) is 1.32. The molecule has 168 valence electrons. The van der Waals surface area contributed by atoms with E-state index in [-0.39, 0.29) is 23.8 Å². The van der Waals surface area contributed by atoms with Crippen molar-refractivity contribution in [1.82, 2.24) is 19.8 Å². The number of amides is 2. The fourth-order valence-corrected chi connectivity index (χ4v) is 5.22. The maximum Gasteiger partial charge on any atom is 0.263 e. The van der Waals surface area contributed by atoms with Gasteiger partial charge in [-0.25, -0.2) is 4.98 Å². The number of rotatable bonds is 5. The molecule has 33 heavy (non-hydrogen) atoms. The fraction of sp³-hybridized carbons (Fsp3) is 0.269. The molecule has 0 spiro atoms. The summed E-state index contributed by atoms with van der Waals surface area (Å²) in [5.41, 5.74) is 2.93. The number of hydrogen-bond donors (Lipinski definition) is 1. The highest BCUT2D eigenvalue weighted by molar-refractivity contribution is 7.12. The minimum absolute atomic E-state index is 0.0131. The number of imidazole rings is 1. The number of carbonyl (C=O) groups excluding carboxylic acids is 2. The quantitative estimate of drug-likeness (QED) is 0.482. The predicted molar refractivity (Wildman–Crippen MR) is 130 cm³/mol. The number of thiophene rings is 1. The van der Waals surface area contributed by atoms with E-state index in [1.54, 1.807) is 0 Å². The lowest BCUT2D eigenvalue weighted by molar-refractivity contribution is -0.126. The number of nitrogens with zero attached hydrogens (tertiary/aromatic N) is 3. The minimum Gasteiger partial charge on any atom is -0.342 e. The third-order valence-electron chi connectivity index (χ3n) is 6.38. The molecule has 1 fully saturated rings. The highest BCUT2D eigenvalue weighted by atomic mass is 32.1. The van der Waals surface area contributed by atoms with Gasteiger partial charge in [0, 0.05) is 26.1 Å². The zero-order valence-electron chi connectivity index (χ0n) is 18.5. The normalized spacial score (nSPS) is 15.5. The summed E-state index contributed by atoms with van der Waals surface area (Å²) in [6, 6.07) is 21.4. The van der Waals surface area contributed by atoms with Crippen LogP contribution >= 0.6 is 11.3 Å². The van der Waals surface area contributed by atoms with Crippen molar-refractivity contribution >= 4 is 34.2 Å². The Bertz CT molecular complexity index is 1260. The van der Waals surface area contributed by atoms with E-state index in [4.69, 9.17) is 4.98 Å². The van der Waals surface area contributed by atoms with Gasteiger partial charge in [0.25, 0.3) is 5.91 Å². The Hall–Kier alpha value is -3.45. The molecule has 3 heterocycles. The van der Waals surface area contributed by atoms with Gasteiger partial charge in [-0.3, -0.25) is 9.59 Å². The van der Waals surface area contributed by atoms with Crippen LogP contribution in [0.4, 0.5) is 0 Å². The standard InChI is InChI=1S/C26H26N4O2S/c1-29-21-11-6-5-10-20(21)27-24(29)23(18-8-3-2-4-9-18)28-25(31)19-13-15-30(16-14-19)26(32)22-12-7-17-33-22/h2-12,17,19,23H,13-16H2,1H3,(H,28,31). The van der Waals surface area contributed by atoms with E-state index < -0.39 is 0 Å². The highest BCUT2D eigenvalue weighted by Gasteiger charge is 2.31. The summed E-state index contributed by atoms with van der Waals surface area (Å²) in [4.78, 5) is 33.4. The number of hydrogen-bond acceptors (Lipinski definition) is 4. The summed E-state index contributed by atoms with van der Waals surface area (Å²) in [6.45, 7) is 1.19. The number of para-hydroxylation sites is 2. The monoisotopic (exact) mass is 458 g/mol. The molecule has 1 saturated heterocycles. The Morgan fingerprint density at radius 2 is 1.73 bits per heavy atom. The third kappa shape index (κ3) is 4.28. The molecule has 1 aliphatic heterocycles. The number of aryl methyl sites for hydroxylation is 1. The first-order valence-electron chi connectivity index (χ1n) is 11.2. The SMILES string of the molecule is Cn1c(C(NC(=O)C2CCN(C(=O)c3cccs3)CC2)c2ccccc2)nc2ccccc21. The van der Waals surface area contributed by atoms with Crippen molar-refractivity contribution < 1.29 is 9.59 Å². The van der Waals surface area contributed by atoms with Crippen molar-refractivity contribution in [1.29, 1.82) is 0 Å². The second-order valence-electron chi connectivity index (χ2n) is 8.41. The third-order valence-corrected chi connectivity index (χ3v) is 7.24. The number of benzene rings is 2. The van der Waals surface area contributed by atoms with E-state index in [1.807, 2.05) is 84.1 Å². The molecule has 1 N–H and O–H groups in total. The molecule has 4 aromatic rings. The first kappa shape index (κ1) is 21.4. The molecule has 6 nitrogen and oxygen atoms in total. The molecule has 2 aromatic carbocycles. The Morgan fingerprint density at radius 3 is 2.42 bits per heavy atom. The number of piperidine rings is 1. The van der Waals surface area contributed by atoms with Crippen LogP contribution in [0.2, 0.25) is 0 Å². The Morgan fingerprint density at radius 1 is 1.00 bits per heavy atom. The van der Waals surface area contributed by atoms with Crippen LogP contribution in [0.15, 0.2) is 72.1 Å². The fourth-order valence-electron chi connectivity index (χ4n) is 4.53. The molecular weight excluding hydrogens is 432 g/mol. The summed E-state index contributed by atoms with van der Waals surface area (Å²) in [5.74, 6) is 0.754. The molecule has 2 amide bonds. The maximum absolute atomic E-state index is 13.3. The summed E-state index contributed by atoms with van der Waals surface area (Å²) in [7, 11) is 1.99. The first-order chi connectivity index (χ1) is 16.1. The Labute approximate surface area is 196 Å². The van der Waals surface area contributed by atoms with Crippen molar-refractivity contribution in [2.24, 2.45) is 13.0 Å². The number of fused-ring (bicyclic) bond motifs is 1. The van der Waals surface area contributed by atoms with Gasteiger partial charge in [-0.2, -0.15) is 0 Å². The predicted octanol–water partition coefficient (Wildman–Crippen LogP) is 4.39. The average molecular weight is 459 g/mol. The molecule has 0 radical (unpaired) electrons. The topological polar surface area (TPSA) is 67.2 Å². The van der Waals surface area contributed by atoms with Gasteiger partial charge in [0.2, 0.25) is 5.91 Å². The minimum atomic E-state index is -0.345. The lowest BCUT2D eigenvalue weighted by atomic mass is 9.94. The smallest absolute Gasteiger partial charge is 0.263 e. The van der Waals surface area contributed by atoms with Crippen LogP contribution in [0.3, 0.4) is 0 Å². The van der Waals surface area contributed by atoms with E-state index in [1.165, 1.54) is 11.3 Å². The van der Waals surface area contributed by atoms with Crippen LogP contribution in [-0.2, 0) is 11.8 Å². The zero-order valence-corrected chi connectivity index (χ0v) is 19.3. The molecule has 7 heteroatoms. The van der Waals surface area contributed by atoms with Crippen LogP contribution in [0.1, 0.15) is 39.9 Å². The molecule has 0 bridgehead atoms. The second kappa shape index (κ2) is 9.19. The molecule has 1 aliphatic rings. The largest absolute Gasteiger partial charge is 0.342 e. The molecule has 0 aliphatic carbocycles. The Kier molecular flexibility index (Phi) is 5.96. The van der Waals surface area contributed by atoms with Crippen LogP contribution in [0.25, 0.3) is 11.0 Å². The van der Waals surface area contributed by atoms with Gasteiger partial charge in [0.05, 0.1) is 15.9 Å². The van der Waals surface area contributed by atoms with Gasteiger partial charge in [-0.15, -0.1) is 11.3 Å². The lowest BCUT2D eigenvalue weighted by Crippen LogP contribution is -2.44. The number of nitrogens with one attached hydrogen (secondary N) is 1. The van der Waals surface area contributed by atoms with Gasteiger partial charge in [0.15, 0.2) is 0 Å². The van der Waals surface area contributed by atoms with Crippen molar-refractivity contribution in [3.05, 3.63) is 88.4 Å². The first-order valence-corrected chi connectivity index (χ1v) is 12.1. The van der Waals surface area contributed by atoms with Crippen LogP contribution in [-0.4, -0.2) is 39.4 Å². The summed E-state index contributed by atoms with van der Waals surface area (Å²) < 4.78 is 2.05. The summed E-state index contributed by atoms with van der Waals surface area (Å²) in [5, 5.41) is 5.18. The highest BCUT2D eigenvalue weighted by Crippen LogP contribution is 2.27. The molecule has 5 rings (SSSR count). The zero-order chi connectivity index (χ0) is 22.8. The van der Waals surface area contributed by atoms with Gasteiger partial charge in [0.1, 0.15) is 11.9 Å². The number of likely N-dealkylation sites (tertiary alicyclic amines) is 1. The van der Waals surface area contributed by atoms with Crippen molar-refractivity contribution in [2.75, 3.05) is 13.1 Å². The second-order valence-corrected chi connectivity index (χ2v) is 9.36. The molecule has 2 aromatic heterocycles. The number of carbonyl (C=O) groups is 2. The molecule has 1 unspecified atom stereocenters. The maximum atomic E-state index is 13.3. The van der Waals surface area contributed by atoms with E-state index in [0.717, 1.165) is 27.3 Å². The summed E-state index contributed by atoms with van der Waals surface area (Å²) >= 11 is 1.46. The van der Waals surface area contributed by atoms with E-state index >= 15 is 0 Å². The van der Waals surface area contributed by atoms with Crippen molar-refractivity contribution in [3.8, 4) is 0 Å². The van der Waals surface area contributed by atoms with Gasteiger partial charge < -0.3 is 14.8 Å². The molecule has 1 atom stereocenters. The molecular formula is C26H26N4O2S. The van der Waals surface area contributed by atoms with Crippen LogP contribution in [0, 0.1) is 5.92 Å². The molecule has 0 saturated carbocycles.